The Morgan fingerprint density at radius 3 is 2.11 bits per heavy atom. The van der Waals surface area contributed by atoms with E-state index in [1.807, 2.05) is 20.8 Å². The Morgan fingerprint density at radius 2 is 1.67 bits per heavy atom. The highest BCUT2D eigenvalue weighted by Crippen LogP contribution is 2.38. The molecular formula is C14H20F3N. The van der Waals surface area contributed by atoms with E-state index in [0.29, 0.717) is 12.0 Å². The molecule has 0 aliphatic heterocycles. The molecular weight excluding hydrogens is 239 g/mol. The molecule has 0 aromatic heterocycles. The van der Waals surface area contributed by atoms with E-state index < -0.39 is 11.7 Å². The molecule has 1 nitrogen and oxygen atoms in total. The van der Waals surface area contributed by atoms with Crippen LogP contribution in [-0.4, -0.2) is 6.54 Å². The Morgan fingerprint density at radius 1 is 1.11 bits per heavy atom. The van der Waals surface area contributed by atoms with Crippen LogP contribution in [0.4, 0.5) is 13.2 Å². The van der Waals surface area contributed by atoms with E-state index in [0.717, 1.165) is 6.07 Å². The lowest BCUT2D eigenvalue weighted by Crippen LogP contribution is -2.22. The topological polar surface area (TPSA) is 26.0 Å². The minimum absolute atomic E-state index is 0.0528. The second-order valence-corrected chi connectivity index (χ2v) is 5.78. The standard InChI is InChI=1S/C14H20F3N/c1-13(2,3)8-10(9-18)11-6-4-5-7-12(11)14(15,16)17/h4-7,10H,8-9,18H2,1-3H3. The van der Waals surface area contributed by atoms with E-state index in [4.69, 9.17) is 5.73 Å². The van der Waals surface area contributed by atoms with Gasteiger partial charge in [0.15, 0.2) is 0 Å². The van der Waals surface area contributed by atoms with Gasteiger partial charge >= 0.3 is 6.18 Å². The van der Waals surface area contributed by atoms with E-state index in [1.54, 1.807) is 6.07 Å². The molecule has 0 fully saturated rings. The highest BCUT2D eigenvalue weighted by atomic mass is 19.4. The Hall–Kier alpha value is -1.03. The minimum atomic E-state index is -4.32. The third-order valence-corrected chi connectivity index (χ3v) is 2.85. The Bertz CT molecular complexity index is 391. The van der Waals surface area contributed by atoms with Crippen LogP contribution in [0, 0.1) is 5.41 Å². The first kappa shape index (κ1) is 15.0. The van der Waals surface area contributed by atoms with Crippen LogP contribution in [0.5, 0.6) is 0 Å². The fraction of sp³-hybridized carbons (Fsp3) is 0.571. The lowest BCUT2D eigenvalue weighted by molar-refractivity contribution is -0.138. The molecule has 0 aliphatic carbocycles. The summed E-state index contributed by atoms with van der Waals surface area (Å²) in [6.07, 6.45) is -3.68. The molecule has 0 heterocycles. The predicted octanol–water partition coefficient (Wildman–Crippen LogP) is 4.18. The average molecular weight is 259 g/mol. The summed E-state index contributed by atoms with van der Waals surface area (Å²) in [5.41, 5.74) is 5.35. The first-order chi connectivity index (χ1) is 8.15. The number of benzene rings is 1. The smallest absolute Gasteiger partial charge is 0.330 e. The summed E-state index contributed by atoms with van der Waals surface area (Å²) < 4.78 is 38.8. The Balaban J connectivity index is 3.14. The summed E-state index contributed by atoms with van der Waals surface area (Å²) in [6.45, 7) is 6.24. The first-order valence-corrected chi connectivity index (χ1v) is 6.01. The van der Waals surface area contributed by atoms with E-state index in [9.17, 15) is 13.2 Å². The second-order valence-electron chi connectivity index (χ2n) is 5.78. The monoisotopic (exact) mass is 259 g/mol. The minimum Gasteiger partial charge on any atom is -0.330 e. The summed E-state index contributed by atoms with van der Waals surface area (Å²) >= 11 is 0. The summed E-state index contributed by atoms with van der Waals surface area (Å²) in [5.74, 6) is -0.261. The SMILES string of the molecule is CC(C)(C)CC(CN)c1ccccc1C(F)(F)F. The van der Waals surface area contributed by atoms with E-state index in [-0.39, 0.29) is 17.9 Å². The average Bonchev–Trinajstić information content (AvgIpc) is 2.23. The number of hydrogen-bond acceptors (Lipinski definition) is 1. The number of nitrogens with two attached hydrogens (primary N) is 1. The van der Waals surface area contributed by atoms with Gasteiger partial charge in [-0.15, -0.1) is 0 Å². The molecule has 0 saturated carbocycles. The van der Waals surface area contributed by atoms with Crippen LogP contribution in [0.3, 0.4) is 0 Å². The second kappa shape index (κ2) is 5.31. The fourth-order valence-corrected chi connectivity index (χ4v) is 2.17. The van der Waals surface area contributed by atoms with Crippen molar-refractivity contribution in [2.45, 2.75) is 39.3 Å². The molecule has 0 spiro atoms. The van der Waals surface area contributed by atoms with Crippen molar-refractivity contribution in [1.29, 1.82) is 0 Å². The lowest BCUT2D eigenvalue weighted by atomic mass is 9.80. The quantitative estimate of drug-likeness (QED) is 0.865. The van der Waals surface area contributed by atoms with Gasteiger partial charge in [-0.3, -0.25) is 0 Å². The van der Waals surface area contributed by atoms with Crippen LogP contribution in [0.15, 0.2) is 24.3 Å². The molecule has 102 valence electrons. The van der Waals surface area contributed by atoms with Gasteiger partial charge in [0, 0.05) is 0 Å². The molecule has 1 unspecified atom stereocenters. The molecule has 1 aromatic rings. The van der Waals surface area contributed by atoms with Crippen LogP contribution < -0.4 is 5.73 Å². The normalized spacial score (nSPS) is 14.6. The summed E-state index contributed by atoms with van der Waals surface area (Å²) in [6, 6.07) is 5.71. The highest BCUT2D eigenvalue weighted by Gasteiger charge is 2.35. The zero-order valence-corrected chi connectivity index (χ0v) is 11.0. The molecule has 4 heteroatoms. The van der Waals surface area contributed by atoms with Gasteiger partial charge in [-0.25, -0.2) is 0 Å². The predicted molar refractivity (Wildman–Crippen MR) is 67.3 cm³/mol. The number of halogens is 3. The number of rotatable bonds is 3. The van der Waals surface area contributed by atoms with Crippen molar-refractivity contribution < 1.29 is 13.2 Å². The van der Waals surface area contributed by atoms with Gasteiger partial charge in [-0.2, -0.15) is 13.2 Å². The van der Waals surface area contributed by atoms with Gasteiger partial charge in [-0.05, 0) is 35.9 Å². The van der Waals surface area contributed by atoms with Crippen LogP contribution in [0.25, 0.3) is 0 Å². The van der Waals surface area contributed by atoms with Crippen molar-refractivity contribution in [2.75, 3.05) is 6.54 Å². The maximum atomic E-state index is 12.9. The van der Waals surface area contributed by atoms with Gasteiger partial charge in [-0.1, -0.05) is 39.0 Å². The van der Waals surface area contributed by atoms with Gasteiger partial charge in [0.25, 0.3) is 0 Å². The summed E-state index contributed by atoms with van der Waals surface area (Å²) in [4.78, 5) is 0. The largest absolute Gasteiger partial charge is 0.416 e. The zero-order chi connectivity index (χ0) is 14.0. The molecule has 0 radical (unpaired) electrons. The molecule has 1 atom stereocenters. The van der Waals surface area contributed by atoms with Crippen molar-refractivity contribution in [3.63, 3.8) is 0 Å². The van der Waals surface area contributed by atoms with E-state index in [1.165, 1.54) is 12.1 Å². The molecule has 18 heavy (non-hydrogen) atoms. The summed E-state index contributed by atoms with van der Waals surface area (Å²) in [7, 11) is 0. The first-order valence-electron chi connectivity index (χ1n) is 6.01. The maximum absolute atomic E-state index is 12.9. The fourth-order valence-electron chi connectivity index (χ4n) is 2.17. The van der Waals surface area contributed by atoms with Crippen molar-refractivity contribution in [1.82, 2.24) is 0 Å². The zero-order valence-electron chi connectivity index (χ0n) is 11.0. The number of alkyl halides is 3. The van der Waals surface area contributed by atoms with E-state index >= 15 is 0 Å². The third kappa shape index (κ3) is 4.02. The van der Waals surface area contributed by atoms with Crippen molar-refractivity contribution in [2.24, 2.45) is 11.1 Å². The van der Waals surface area contributed by atoms with Crippen LogP contribution in [0.1, 0.15) is 44.2 Å². The lowest BCUT2D eigenvalue weighted by Gasteiger charge is -2.27. The molecule has 2 N–H and O–H groups in total. The summed E-state index contributed by atoms with van der Waals surface area (Å²) in [5, 5.41) is 0. The highest BCUT2D eigenvalue weighted by molar-refractivity contribution is 5.33. The van der Waals surface area contributed by atoms with Gasteiger partial charge in [0.05, 0.1) is 5.56 Å². The van der Waals surface area contributed by atoms with Crippen LogP contribution in [0.2, 0.25) is 0 Å². The molecule has 0 bridgehead atoms. The Kier molecular flexibility index (Phi) is 4.43. The van der Waals surface area contributed by atoms with Gasteiger partial charge < -0.3 is 5.73 Å². The molecule has 0 amide bonds. The van der Waals surface area contributed by atoms with Crippen LogP contribution in [-0.2, 0) is 6.18 Å². The number of hydrogen-bond donors (Lipinski definition) is 1. The van der Waals surface area contributed by atoms with E-state index in [2.05, 4.69) is 0 Å². The van der Waals surface area contributed by atoms with Crippen molar-refractivity contribution in [3.05, 3.63) is 35.4 Å². The third-order valence-electron chi connectivity index (χ3n) is 2.85. The molecule has 0 saturated heterocycles. The van der Waals surface area contributed by atoms with Gasteiger partial charge in [0.2, 0.25) is 0 Å². The molecule has 1 aromatic carbocycles. The molecule has 0 aliphatic rings. The van der Waals surface area contributed by atoms with Crippen LogP contribution >= 0.6 is 0 Å². The van der Waals surface area contributed by atoms with Gasteiger partial charge in [0.1, 0.15) is 0 Å². The molecule has 1 rings (SSSR count). The van der Waals surface area contributed by atoms with Crippen molar-refractivity contribution >= 4 is 0 Å². The Labute approximate surface area is 106 Å². The van der Waals surface area contributed by atoms with Crippen molar-refractivity contribution in [3.8, 4) is 0 Å². The maximum Gasteiger partial charge on any atom is 0.416 e.